The normalized spacial score (nSPS) is 10.9. The van der Waals surface area contributed by atoms with Crippen LogP contribution in [0.5, 0.6) is 11.5 Å². The molecule has 0 atom stereocenters. The minimum absolute atomic E-state index is 0. The number of aryl methyl sites for hydroxylation is 2. The van der Waals surface area contributed by atoms with Crippen LogP contribution in [0, 0.1) is 13.8 Å². The summed E-state index contributed by atoms with van der Waals surface area (Å²) >= 11 is 0. The summed E-state index contributed by atoms with van der Waals surface area (Å²) in [5.41, 5.74) is 2.83. The molecule has 36 heavy (non-hydrogen) atoms. The number of benzene rings is 2. The number of nitrogens with zero attached hydrogens (tertiary/aromatic N) is 2. The number of hydrogen-bond acceptors (Lipinski definition) is 7. The molecule has 2 aromatic heterocycles. The van der Waals surface area contributed by atoms with Gasteiger partial charge in [-0.1, -0.05) is 18.2 Å². The maximum absolute atomic E-state index is 12.5. The molecule has 8 nitrogen and oxygen atoms in total. The summed E-state index contributed by atoms with van der Waals surface area (Å²) in [4.78, 5) is 16.8. The van der Waals surface area contributed by atoms with Gasteiger partial charge in [-0.3, -0.25) is 4.98 Å². The molecule has 0 aliphatic carbocycles. The monoisotopic (exact) mass is 514 g/mol. The van der Waals surface area contributed by atoms with Gasteiger partial charge in [0.15, 0.2) is 5.76 Å². The molecule has 0 saturated heterocycles. The average Bonchev–Trinajstić information content (AvgIpc) is 3.23. The number of carbonyl (C=O) groups excluding carboxylic acids is 1. The van der Waals surface area contributed by atoms with Gasteiger partial charge in [-0.2, -0.15) is 0 Å². The van der Waals surface area contributed by atoms with Crippen molar-refractivity contribution in [1.29, 1.82) is 0 Å². The number of sulfonamides is 1. The van der Waals surface area contributed by atoms with Crippen LogP contribution >= 0.6 is 0 Å². The minimum Gasteiger partial charge on any atom is -0.535 e. The smallest absolute Gasteiger partial charge is 0.535 e. The molecule has 0 N–H and O–H groups in total. The van der Waals surface area contributed by atoms with Gasteiger partial charge in [0, 0.05) is 11.1 Å². The quantitative estimate of drug-likeness (QED) is 0.332. The molecular formula is C26H23N2NaO6S. The first-order chi connectivity index (χ1) is 16.8. The molecule has 0 aliphatic heterocycles. The summed E-state index contributed by atoms with van der Waals surface area (Å²) < 4.78 is 44.9. The fourth-order valence-corrected chi connectivity index (χ4v) is 4.50. The van der Waals surface area contributed by atoms with E-state index in [4.69, 9.17) is 13.9 Å². The zero-order chi connectivity index (χ0) is 25.0. The number of rotatable bonds is 8. The molecule has 0 bridgehead atoms. The standard InChI is InChI=1S/C26H24N2O6S.Na/c1-17-6-4-5-7-25(17)35(30,31)28-26(29)24-14-20(18(2)34-24)16-33-21-10-8-19(9-11-21)23-13-12-22(32-3)15-27-23;/h4-15H,16H2,1-3H3,(H,28,29);/q;+1/p-1. The number of methoxy groups -OCH3 is 1. The van der Waals surface area contributed by atoms with Gasteiger partial charge >= 0.3 is 29.6 Å². The molecular weight excluding hydrogens is 491 g/mol. The molecule has 0 fully saturated rings. The van der Waals surface area contributed by atoms with Crippen molar-refractivity contribution < 1.29 is 56.7 Å². The van der Waals surface area contributed by atoms with Gasteiger partial charge in [0.1, 0.15) is 39.8 Å². The molecule has 0 radical (unpaired) electrons. The van der Waals surface area contributed by atoms with Crippen molar-refractivity contribution in [2.75, 3.05) is 7.11 Å². The first-order valence-corrected chi connectivity index (χ1v) is 12.1. The van der Waals surface area contributed by atoms with E-state index in [1.165, 1.54) is 12.1 Å². The molecule has 180 valence electrons. The van der Waals surface area contributed by atoms with Crippen LogP contribution < -0.4 is 39.0 Å². The molecule has 1 amide bonds. The molecule has 4 aromatic rings. The van der Waals surface area contributed by atoms with Crippen molar-refractivity contribution in [3.05, 3.63) is 100 Å². The van der Waals surface area contributed by atoms with E-state index in [0.29, 0.717) is 28.4 Å². The van der Waals surface area contributed by atoms with Crippen LogP contribution in [-0.2, 0) is 16.6 Å². The fourth-order valence-electron chi connectivity index (χ4n) is 3.37. The molecule has 0 saturated carbocycles. The Bertz CT molecular complexity index is 1450. The second-order valence-electron chi connectivity index (χ2n) is 7.73. The third kappa shape index (κ3) is 6.36. The van der Waals surface area contributed by atoms with E-state index in [9.17, 15) is 13.2 Å². The third-order valence-corrected chi connectivity index (χ3v) is 6.74. The number of aromatic nitrogens is 1. The van der Waals surface area contributed by atoms with E-state index in [0.717, 1.165) is 11.3 Å². The Balaban J connectivity index is 0.00000361. The van der Waals surface area contributed by atoms with Crippen LogP contribution in [0.3, 0.4) is 0 Å². The van der Waals surface area contributed by atoms with Gasteiger partial charge in [0.25, 0.3) is 0 Å². The first-order valence-electron chi connectivity index (χ1n) is 10.7. The second kappa shape index (κ2) is 11.7. The fraction of sp³-hybridized carbons (Fsp3) is 0.154. The molecule has 0 unspecified atom stereocenters. The molecule has 2 aromatic carbocycles. The van der Waals surface area contributed by atoms with E-state index in [-0.39, 0.29) is 46.8 Å². The van der Waals surface area contributed by atoms with Crippen LogP contribution in [0.25, 0.3) is 16.0 Å². The summed E-state index contributed by atoms with van der Waals surface area (Å²) in [6.07, 6.45) is 1.65. The molecule has 4 rings (SSSR count). The number of furan rings is 1. The Morgan fingerprint density at radius 1 is 1.00 bits per heavy atom. The summed E-state index contributed by atoms with van der Waals surface area (Å²) in [5.74, 6) is 0.596. The zero-order valence-electron chi connectivity index (χ0n) is 20.4. The maximum atomic E-state index is 12.5. The number of ether oxygens (including phenoxy) is 2. The predicted octanol–water partition coefficient (Wildman–Crippen LogP) is 2.45. The average molecular weight is 515 g/mol. The van der Waals surface area contributed by atoms with Gasteiger partial charge < -0.3 is 23.4 Å². The number of hydrogen-bond donors (Lipinski definition) is 0. The van der Waals surface area contributed by atoms with Crippen molar-refractivity contribution in [3.63, 3.8) is 0 Å². The van der Waals surface area contributed by atoms with Gasteiger partial charge in [0.05, 0.1) is 23.9 Å². The molecule has 0 spiro atoms. The summed E-state index contributed by atoms with van der Waals surface area (Å²) in [5, 5.41) is 0. The van der Waals surface area contributed by atoms with Crippen LogP contribution in [0.4, 0.5) is 0 Å². The van der Waals surface area contributed by atoms with E-state index in [1.54, 1.807) is 45.4 Å². The molecule has 2 heterocycles. The third-order valence-electron chi connectivity index (χ3n) is 5.32. The van der Waals surface area contributed by atoms with Crippen LogP contribution in [0.15, 0.2) is 82.2 Å². The zero-order valence-corrected chi connectivity index (χ0v) is 23.2. The molecule has 0 aliphatic rings. The van der Waals surface area contributed by atoms with E-state index in [1.807, 2.05) is 36.4 Å². The first kappa shape index (κ1) is 27.5. The van der Waals surface area contributed by atoms with Crippen LogP contribution in [0.2, 0.25) is 0 Å². The van der Waals surface area contributed by atoms with Crippen molar-refractivity contribution in [2.24, 2.45) is 0 Å². The number of carbonyl (C=O) groups is 1. The molecule has 10 heteroatoms. The largest absolute Gasteiger partial charge is 1.00 e. The summed E-state index contributed by atoms with van der Waals surface area (Å²) in [6, 6.07) is 18.9. The van der Waals surface area contributed by atoms with Gasteiger partial charge in [-0.25, -0.2) is 8.42 Å². The van der Waals surface area contributed by atoms with Crippen LogP contribution in [0.1, 0.15) is 27.4 Å². The SMILES string of the molecule is COc1ccc(-c2ccc(OCc3cc(C(=O)[N-]S(=O)(=O)c4ccccc4C)oc3C)cc2)nc1.[Na+]. The van der Waals surface area contributed by atoms with Gasteiger partial charge in [0.2, 0.25) is 0 Å². The van der Waals surface area contributed by atoms with Gasteiger partial charge in [-0.05, 0) is 67.9 Å². The Hall–Kier alpha value is -3.11. The minimum atomic E-state index is -4.16. The van der Waals surface area contributed by atoms with Crippen molar-refractivity contribution in [1.82, 2.24) is 4.98 Å². The van der Waals surface area contributed by atoms with E-state index >= 15 is 0 Å². The van der Waals surface area contributed by atoms with E-state index < -0.39 is 15.9 Å². The number of amides is 1. The van der Waals surface area contributed by atoms with Crippen molar-refractivity contribution in [3.8, 4) is 22.8 Å². The summed E-state index contributed by atoms with van der Waals surface area (Å²) in [6.45, 7) is 3.44. The maximum Gasteiger partial charge on any atom is 1.00 e. The Labute approximate surface area is 232 Å². The Morgan fingerprint density at radius 3 is 2.33 bits per heavy atom. The Morgan fingerprint density at radius 2 is 1.69 bits per heavy atom. The Kier molecular flexibility index (Phi) is 8.97. The summed E-state index contributed by atoms with van der Waals surface area (Å²) in [7, 11) is -2.57. The van der Waals surface area contributed by atoms with Crippen molar-refractivity contribution >= 4 is 15.9 Å². The predicted molar refractivity (Wildman–Crippen MR) is 130 cm³/mol. The number of pyridine rings is 1. The van der Waals surface area contributed by atoms with E-state index in [2.05, 4.69) is 9.71 Å². The van der Waals surface area contributed by atoms with Gasteiger partial charge in [-0.15, -0.1) is 0 Å². The topological polar surface area (TPSA) is 110 Å². The second-order valence-corrected chi connectivity index (χ2v) is 9.30. The van der Waals surface area contributed by atoms with Crippen molar-refractivity contribution in [2.45, 2.75) is 25.3 Å². The van der Waals surface area contributed by atoms with Crippen LogP contribution in [-0.4, -0.2) is 26.4 Å².